The molecule has 0 radical (unpaired) electrons. The molecule has 2 nitrogen and oxygen atoms in total. The molecule has 4 heteroatoms. The Morgan fingerprint density at radius 2 is 1.35 bits per heavy atom. The van der Waals surface area contributed by atoms with Crippen LogP contribution < -0.4 is 34.0 Å². The molecule has 0 saturated carbocycles. The topological polar surface area (TPSA) is 0 Å². The van der Waals surface area contributed by atoms with Gasteiger partial charge in [0.15, 0.2) is 0 Å². The van der Waals surface area contributed by atoms with E-state index in [1.54, 1.807) is 0 Å². The second-order valence-electron chi connectivity index (χ2n) is 6.51. The van der Waals surface area contributed by atoms with Gasteiger partial charge in [0.1, 0.15) is 0 Å². The molecule has 0 heterocycles. The van der Waals surface area contributed by atoms with Crippen LogP contribution in [0.5, 0.6) is 0 Å². The van der Waals surface area contributed by atoms with Gasteiger partial charge in [0.25, 0.3) is 0 Å². The summed E-state index contributed by atoms with van der Waals surface area (Å²) in [5, 5.41) is 0. The fourth-order valence-electron chi connectivity index (χ4n) is 1.94. The van der Waals surface area contributed by atoms with Crippen LogP contribution in [-0.2, 0) is 0 Å². The first-order chi connectivity index (χ1) is 6.69. The molecule has 1 atom stereocenters. The van der Waals surface area contributed by atoms with Crippen LogP contribution in [0.15, 0.2) is 0 Å². The summed E-state index contributed by atoms with van der Waals surface area (Å²) in [6, 6.07) is 0.794. The Hall–Kier alpha value is 0.880. The van der Waals surface area contributed by atoms with Crippen molar-refractivity contribution in [2.24, 2.45) is 0 Å². The molecule has 17 heavy (non-hydrogen) atoms. The molecule has 0 N–H and O–H groups in total. The fraction of sp³-hybridized carbons (Fsp3) is 1.00. The molecule has 0 rings (SSSR count). The standard InChI is InChI=1S/C13H32N2.2BrH/c1-8-10-13(2)15(6,7)12-9-11-14(3,4)5;;/h13H,8-12H2,1-7H3;2*1H/q+2;;/p-2. The van der Waals surface area contributed by atoms with Gasteiger partial charge in [0, 0.05) is 6.42 Å². The second kappa shape index (κ2) is 9.76. The predicted molar refractivity (Wildman–Crippen MR) is 68.9 cm³/mol. The monoisotopic (exact) mass is 374 g/mol. The lowest BCUT2D eigenvalue weighted by molar-refractivity contribution is -0.920. The zero-order chi connectivity index (χ0) is 12.1. The third kappa shape index (κ3) is 11.7. The second-order valence-corrected chi connectivity index (χ2v) is 6.51. The van der Waals surface area contributed by atoms with Gasteiger partial charge in [-0.05, 0) is 13.3 Å². The van der Waals surface area contributed by atoms with Gasteiger partial charge in [-0.15, -0.1) is 0 Å². The van der Waals surface area contributed by atoms with E-state index in [1.807, 2.05) is 0 Å². The van der Waals surface area contributed by atoms with E-state index in [9.17, 15) is 0 Å². The summed E-state index contributed by atoms with van der Waals surface area (Å²) < 4.78 is 2.26. The van der Waals surface area contributed by atoms with E-state index in [0.29, 0.717) is 0 Å². The number of hydrogen-bond acceptors (Lipinski definition) is 0. The number of halogens is 2. The van der Waals surface area contributed by atoms with Crippen LogP contribution in [0.3, 0.4) is 0 Å². The molecule has 0 aromatic carbocycles. The molecular weight excluding hydrogens is 344 g/mol. The molecule has 0 saturated heterocycles. The maximum Gasteiger partial charge on any atom is 0.0857 e. The molecule has 0 amide bonds. The minimum absolute atomic E-state index is 0. The first-order valence-electron chi connectivity index (χ1n) is 6.32. The van der Waals surface area contributed by atoms with Gasteiger partial charge in [-0.25, -0.2) is 0 Å². The van der Waals surface area contributed by atoms with Crippen LogP contribution in [0.25, 0.3) is 0 Å². The van der Waals surface area contributed by atoms with Crippen molar-refractivity contribution in [2.75, 3.05) is 48.3 Å². The Bertz CT molecular complexity index is 177. The SMILES string of the molecule is CCCC(C)[N+](C)(C)CCC[N+](C)(C)C.[Br-].[Br-]. The molecule has 0 spiro atoms. The zero-order valence-corrected chi connectivity index (χ0v) is 15.9. The molecule has 0 aliphatic rings. The Morgan fingerprint density at radius 3 is 1.71 bits per heavy atom. The molecule has 0 fully saturated rings. The number of rotatable bonds is 7. The van der Waals surface area contributed by atoms with E-state index in [0.717, 1.165) is 10.5 Å². The number of nitrogens with zero attached hydrogens (tertiary/aromatic N) is 2. The highest BCUT2D eigenvalue weighted by Crippen LogP contribution is 2.13. The molecule has 0 aromatic rings. The lowest BCUT2D eigenvalue weighted by atomic mass is 10.1. The molecule has 0 aromatic heterocycles. The predicted octanol–water partition coefficient (Wildman–Crippen LogP) is -3.64. The van der Waals surface area contributed by atoms with Crippen molar-refractivity contribution in [2.45, 2.75) is 39.2 Å². The molecule has 0 aliphatic carbocycles. The summed E-state index contributed by atoms with van der Waals surface area (Å²) in [4.78, 5) is 0. The highest BCUT2D eigenvalue weighted by atomic mass is 79.9. The third-order valence-corrected chi connectivity index (χ3v) is 3.46. The first-order valence-corrected chi connectivity index (χ1v) is 6.32. The summed E-state index contributed by atoms with van der Waals surface area (Å²) >= 11 is 0. The molecule has 108 valence electrons. The molecular formula is C13H32Br2N2. The van der Waals surface area contributed by atoms with E-state index in [2.05, 4.69) is 49.1 Å². The Labute approximate surface area is 130 Å². The highest BCUT2D eigenvalue weighted by Gasteiger charge is 2.23. The van der Waals surface area contributed by atoms with Gasteiger partial charge in [0.2, 0.25) is 0 Å². The van der Waals surface area contributed by atoms with Gasteiger partial charge >= 0.3 is 0 Å². The lowest BCUT2D eigenvalue weighted by Crippen LogP contribution is -3.00. The molecule has 1 unspecified atom stereocenters. The van der Waals surface area contributed by atoms with Crippen LogP contribution in [0.4, 0.5) is 0 Å². The quantitative estimate of drug-likeness (QED) is 0.403. The van der Waals surface area contributed by atoms with Gasteiger partial charge in [-0.1, -0.05) is 13.3 Å². The smallest absolute Gasteiger partial charge is 0.0857 e. The van der Waals surface area contributed by atoms with Crippen LogP contribution in [0.1, 0.15) is 33.1 Å². The lowest BCUT2D eigenvalue weighted by Gasteiger charge is -2.37. The minimum atomic E-state index is 0. The van der Waals surface area contributed by atoms with Crippen molar-refractivity contribution in [3.05, 3.63) is 0 Å². The Balaban J connectivity index is -0.000000980. The van der Waals surface area contributed by atoms with Crippen molar-refractivity contribution >= 4 is 0 Å². The number of hydrogen-bond donors (Lipinski definition) is 0. The summed E-state index contributed by atoms with van der Waals surface area (Å²) in [5.74, 6) is 0. The maximum absolute atomic E-state index is 2.38. The van der Waals surface area contributed by atoms with Gasteiger partial charge < -0.3 is 42.9 Å². The molecule has 0 aliphatic heterocycles. The maximum atomic E-state index is 2.38. The van der Waals surface area contributed by atoms with Gasteiger partial charge in [-0.3, -0.25) is 0 Å². The Kier molecular flexibility index (Phi) is 13.2. The fourth-order valence-corrected chi connectivity index (χ4v) is 1.94. The van der Waals surface area contributed by atoms with E-state index >= 15 is 0 Å². The number of quaternary nitrogens is 2. The van der Waals surface area contributed by atoms with Crippen molar-refractivity contribution in [3.63, 3.8) is 0 Å². The van der Waals surface area contributed by atoms with Gasteiger partial charge in [-0.2, -0.15) is 0 Å². The average Bonchev–Trinajstić information content (AvgIpc) is 2.01. The van der Waals surface area contributed by atoms with Crippen LogP contribution in [0, 0.1) is 0 Å². The summed E-state index contributed by atoms with van der Waals surface area (Å²) in [6.45, 7) is 7.25. The van der Waals surface area contributed by atoms with Crippen molar-refractivity contribution in [1.29, 1.82) is 0 Å². The Morgan fingerprint density at radius 1 is 0.882 bits per heavy atom. The third-order valence-electron chi connectivity index (χ3n) is 3.46. The van der Waals surface area contributed by atoms with E-state index in [4.69, 9.17) is 0 Å². The zero-order valence-electron chi connectivity index (χ0n) is 12.8. The normalized spacial score (nSPS) is 13.6. The van der Waals surface area contributed by atoms with Crippen LogP contribution in [-0.4, -0.2) is 63.3 Å². The molecule has 0 bridgehead atoms. The van der Waals surface area contributed by atoms with Crippen LogP contribution in [0.2, 0.25) is 0 Å². The minimum Gasteiger partial charge on any atom is -1.00 e. The summed E-state index contributed by atoms with van der Waals surface area (Å²) in [6.07, 6.45) is 3.97. The summed E-state index contributed by atoms with van der Waals surface area (Å²) in [7, 11) is 11.6. The highest BCUT2D eigenvalue weighted by molar-refractivity contribution is 4.50. The van der Waals surface area contributed by atoms with Gasteiger partial charge in [0.05, 0.1) is 54.4 Å². The van der Waals surface area contributed by atoms with Crippen molar-refractivity contribution in [1.82, 2.24) is 0 Å². The van der Waals surface area contributed by atoms with E-state index in [-0.39, 0.29) is 34.0 Å². The van der Waals surface area contributed by atoms with E-state index < -0.39 is 0 Å². The first kappa shape index (κ1) is 23.0. The van der Waals surface area contributed by atoms with E-state index in [1.165, 1.54) is 36.8 Å². The largest absolute Gasteiger partial charge is 1.00 e. The van der Waals surface area contributed by atoms with Crippen LogP contribution >= 0.6 is 0 Å². The van der Waals surface area contributed by atoms with Crippen molar-refractivity contribution in [3.8, 4) is 0 Å². The average molecular weight is 376 g/mol. The summed E-state index contributed by atoms with van der Waals surface area (Å²) in [5.41, 5.74) is 0. The van der Waals surface area contributed by atoms with Crippen molar-refractivity contribution < 1.29 is 42.9 Å².